The van der Waals surface area contributed by atoms with E-state index in [4.69, 9.17) is 5.73 Å². The zero-order valence-electron chi connectivity index (χ0n) is 10.5. The Hall–Kier alpha value is -0.610. The van der Waals surface area contributed by atoms with Crippen molar-refractivity contribution in [1.82, 2.24) is 4.90 Å². The van der Waals surface area contributed by atoms with Gasteiger partial charge in [0, 0.05) is 19.0 Å². The number of hydrogen-bond donors (Lipinski definition) is 2. The molecule has 4 heteroatoms. The minimum absolute atomic E-state index is 0.0394. The van der Waals surface area contributed by atoms with Crippen LogP contribution in [-0.4, -0.2) is 41.1 Å². The fraction of sp³-hybridized carbons (Fsp3) is 0.917. The Morgan fingerprint density at radius 3 is 2.62 bits per heavy atom. The molecule has 1 saturated heterocycles. The summed E-state index contributed by atoms with van der Waals surface area (Å²) < 4.78 is 0. The van der Waals surface area contributed by atoms with Gasteiger partial charge in [-0.1, -0.05) is 20.3 Å². The number of amides is 1. The number of carbonyl (C=O) groups is 1. The number of carbonyl (C=O) groups excluding carboxylic acids is 1. The molecule has 1 aliphatic heterocycles. The van der Waals surface area contributed by atoms with E-state index in [1.807, 2.05) is 13.8 Å². The molecule has 0 aromatic rings. The molecule has 0 aliphatic carbocycles. The minimum atomic E-state index is -0.391. The standard InChI is InChI=1S/C12H24N2O2/c1-4-8(2)11(13)12(16)14-6-5-10(7-14)9(3)15/h8-11,15H,4-7,13H2,1-3H3/t8-,9?,10?,11-/m0/s1. The average Bonchev–Trinajstić information content (AvgIpc) is 2.75. The van der Waals surface area contributed by atoms with Gasteiger partial charge in [-0.3, -0.25) is 4.79 Å². The first-order chi connectivity index (χ1) is 7.47. The predicted octanol–water partition coefficient (Wildman–Crippen LogP) is 0.589. The molecule has 3 N–H and O–H groups in total. The molecule has 0 bridgehead atoms. The van der Waals surface area contributed by atoms with Crippen molar-refractivity contribution in [2.75, 3.05) is 13.1 Å². The van der Waals surface area contributed by atoms with Crippen LogP contribution in [0.2, 0.25) is 0 Å². The normalized spacial score (nSPS) is 26.6. The number of aliphatic hydroxyl groups is 1. The highest BCUT2D eigenvalue weighted by Crippen LogP contribution is 2.21. The van der Waals surface area contributed by atoms with Crippen molar-refractivity contribution >= 4 is 5.91 Å². The van der Waals surface area contributed by atoms with Gasteiger partial charge >= 0.3 is 0 Å². The van der Waals surface area contributed by atoms with Crippen LogP contribution in [0.4, 0.5) is 0 Å². The molecule has 1 rings (SSSR count). The van der Waals surface area contributed by atoms with Gasteiger partial charge in [-0.15, -0.1) is 0 Å². The van der Waals surface area contributed by atoms with E-state index < -0.39 is 6.04 Å². The van der Waals surface area contributed by atoms with Crippen LogP contribution in [-0.2, 0) is 4.79 Å². The highest BCUT2D eigenvalue weighted by molar-refractivity contribution is 5.82. The second-order valence-electron chi connectivity index (χ2n) is 4.98. The number of aliphatic hydroxyl groups excluding tert-OH is 1. The summed E-state index contributed by atoms with van der Waals surface area (Å²) in [5.74, 6) is 0.476. The maximum absolute atomic E-state index is 12.0. The van der Waals surface area contributed by atoms with Gasteiger partial charge in [-0.2, -0.15) is 0 Å². The van der Waals surface area contributed by atoms with E-state index >= 15 is 0 Å². The molecule has 0 radical (unpaired) electrons. The second-order valence-corrected chi connectivity index (χ2v) is 4.98. The van der Waals surface area contributed by atoms with Crippen molar-refractivity contribution in [3.05, 3.63) is 0 Å². The van der Waals surface area contributed by atoms with Crippen molar-refractivity contribution in [3.8, 4) is 0 Å². The van der Waals surface area contributed by atoms with Crippen molar-refractivity contribution in [2.24, 2.45) is 17.6 Å². The molecule has 0 aromatic carbocycles. The average molecular weight is 228 g/mol. The smallest absolute Gasteiger partial charge is 0.239 e. The lowest BCUT2D eigenvalue weighted by Gasteiger charge is -2.24. The van der Waals surface area contributed by atoms with E-state index in [0.29, 0.717) is 6.54 Å². The van der Waals surface area contributed by atoms with Gasteiger partial charge in [0.05, 0.1) is 12.1 Å². The van der Waals surface area contributed by atoms with E-state index in [9.17, 15) is 9.90 Å². The third-order valence-corrected chi connectivity index (χ3v) is 3.76. The van der Waals surface area contributed by atoms with Crippen LogP contribution in [0, 0.1) is 11.8 Å². The Balaban J connectivity index is 2.50. The SMILES string of the molecule is CC[C@H](C)[C@H](N)C(=O)N1CCC(C(C)O)C1. The van der Waals surface area contributed by atoms with E-state index in [2.05, 4.69) is 0 Å². The van der Waals surface area contributed by atoms with Crippen molar-refractivity contribution in [3.63, 3.8) is 0 Å². The first-order valence-corrected chi connectivity index (χ1v) is 6.19. The molecule has 16 heavy (non-hydrogen) atoms. The third kappa shape index (κ3) is 2.95. The van der Waals surface area contributed by atoms with Gasteiger partial charge in [-0.25, -0.2) is 0 Å². The van der Waals surface area contributed by atoms with Crippen molar-refractivity contribution in [1.29, 1.82) is 0 Å². The summed E-state index contributed by atoms with van der Waals surface area (Å²) in [6, 6.07) is -0.391. The van der Waals surface area contributed by atoms with Crippen LogP contribution in [0.15, 0.2) is 0 Å². The maximum Gasteiger partial charge on any atom is 0.239 e. The first kappa shape index (κ1) is 13.5. The molecule has 4 nitrogen and oxygen atoms in total. The molecule has 0 saturated carbocycles. The zero-order chi connectivity index (χ0) is 12.3. The summed E-state index contributed by atoms with van der Waals surface area (Å²) in [5, 5.41) is 9.48. The lowest BCUT2D eigenvalue weighted by molar-refractivity contribution is -0.132. The quantitative estimate of drug-likeness (QED) is 0.740. The molecule has 0 aromatic heterocycles. The largest absolute Gasteiger partial charge is 0.393 e. The van der Waals surface area contributed by atoms with E-state index in [-0.39, 0.29) is 23.8 Å². The lowest BCUT2D eigenvalue weighted by atomic mass is 9.99. The Bertz CT molecular complexity index is 243. The summed E-state index contributed by atoms with van der Waals surface area (Å²) >= 11 is 0. The van der Waals surface area contributed by atoms with Gasteiger partial charge in [0.15, 0.2) is 0 Å². The molecule has 1 fully saturated rings. The van der Waals surface area contributed by atoms with Crippen LogP contribution >= 0.6 is 0 Å². The summed E-state index contributed by atoms with van der Waals surface area (Å²) in [7, 11) is 0. The molecule has 0 spiro atoms. The number of rotatable bonds is 4. The molecule has 4 atom stereocenters. The number of hydrogen-bond acceptors (Lipinski definition) is 3. The van der Waals surface area contributed by atoms with Crippen LogP contribution in [0.1, 0.15) is 33.6 Å². The number of nitrogens with two attached hydrogens (primary N) is 1. The van der Waals surface area contributed by atoms with Crippen LogP contribution in [0.5, 0.6) is 0 Å². The van der Waals surface area contributed by atoms with E-state index in [1.54, 1.807) is 11.8 Å². The molecule has 1 heterocycles. The van der Waals surface area contributed by atoms with Gasteiger partial charge in [-0.05, 0) is 19.3 Å². The fourth-order valence-corrected chi connectivity index (χ4v) is 2.09. The number of likely N-dealkylation sites (tertiary alicyclic amines) is 1. The van der Waals surface area contributed by atoms with Gasteiger partial charge in [0.2, 0.25) is 5.91 Å². The molecular formula is C12H24N2O2. The Morgan fingerprint density at radius 1 is 1.56 bits per heavy atom. The minimum Gasteiger partial charge on any atom is -0.393 e. The molecule has 1 amide bonds. The Kier molecular flexibility index (Phi) is 4.74. The molecule has 94 valence electrons. The molecular weight excluding hydrogens is 204 g/mol. The maximum atomic E-state index is 12.0. The third-order valence-electron chi connectivity index (χ3n) is 3.76. The number of nitrogens with zero attached hydrogens (tertiary/aromatic N) is 1. The summed E-state index contributed by atoms with van der Waals surface area (Å²) in [4.78, 5) is 13.8. The summed E-state index contributed by atoms with van der Waals surface area (Å²) in [5.41, 5.74) is 5.92. The second kappa shape index (κ2) is 5.64. The van der Waals surface area contributed by atoms with Crippen molar-refractivity contribution in [2.45, 2.75) is 45.8 Å². The highest BCUT2D eigenvalue weighted by Gasteiger charge is 2.32. The van der Waals surface area contributed by atoms with Crippen LogP contribution in [0.25, 0.3) is 0 Å². The predicted molar refractivity (Wildman–Crippen MR) is 63.8 cm³/mol. The van der Waals surface area contributed by atoms with Crippen LogP contribution < -0.4 is 5.73 Å². The summed E-state index contributed by atoms with van der Waals surface area (Å²) in [6.45, 7) is 7.22. The van der Waals surface area contributed by atoms with Gasteiger partial charge in [0.1, 0.15) is 0 Å². The van der Waals surface area contributed by atoms with Crippen LogP contribution in [0.3, 0.4) is 0 Å². The van der Waals surface area contributed by atoms with E-state index in [0.717, 1.165) is 19.4 Å². The zero-order valence-corrected chi connectivity index (χ0v) is 10.5. The van der Waals surface area contributed by atoms with E-state index in [1.165, 1.54) is 0 Å². The topological polar surface area (TPSA) is 66.6 Å². The molecule has 2 unspecified atom stereocenters. The molecule has 1 aliphatic rings. The van der Waals surface area contributed by atoms with Crippen molar-refractivity contribution < 1.29 is 9.90 Å². The highest BCUT2D eigenvalue weighted by atomic mass is 16.3. The first-order valence-electron chi connectivity index (χ1n) is 6.19. The van der Waals surface area contributed by atoms with Gasteiger partial charge < -0.3 is 15.7 Å². The van der Waals surface area contributed by atoms with Gasteiger partial charge in [0.25, 0.3) is 0 Å². The Labute approximate surface area is 97.8 Å². The summed E-state index contributed by atoms with van der Waals surface area (Å²) in [6.07, 6.45) is 1.47. The Morgan fingerprint density at radius 2 is 2.19 bits per heavy atom. The fourth-order valence-electron chi connectivity index (χ4n) is 2.09. The lowest BCUT2D eigenvalue weighted by Crippen LogP contribution is -2.46. The monoisotopic (exact) mass is 228 g/mol.